The summed E-state index contributed by atoms with van der Waals surface area (Å²) in [5, 5.41) is 12.5. The largest absolute Gasteiger partial charge is 0.493 e. The number of hydrogen-bond acceptors (Lipinski definition) is 9. The fourth-order valence-electron chi connectivity index (χ4n) is 3.21. The minimum absolute atomic E-state index is 0.255. The zero-order chi connectivity index (χ0) is 23.8. The number of benzene rings is 1. The third-order valence-electron chi connectivity index (χ3n) is 4.67. The molecule has 3 aromatic rings. The van der Waals surface area contributed by atoms with Crippen LogP contribution in [0.5, 0.6) is 11.5 Å². The van der Waals surface area contributed by atoms with Gasteiger partial charge in [-0.25, -0.2) is 14.6 Å². The summed E-state index contributed by atoms with van der Waals surface area (Å²) in [5.74, 6) is 1.37. The quantitative estimate of drug-likeness (QED) is 0.232. The van der Waals surface area contributed by atoms with Crippen LogP contribution in [0.25, 0.3) is 11.0 Å². The topological polar surface area (TPSA) is 112 Å². The van der Waals surface area contributed by atoms with Crippen LogP contribution in [0, 0.1) is 0 Å². The highest BCUT2D eigenvalue weighted by atomic mass is 32.2. The van der Waals surface area contributed by atoms with Crippen molar-refractivity contribution in [1.82, 2.24) is 25.1 Å². The number of rotatable bonds is 12. The molecule has 11 heteroatoms. The molecule has 1 amide bonds. The van der Waals surface area contributed by atoms with E-state index in [4.69, 9.17) is 19.2 Å². The average molecular weight is 475 g/mol. The van der Waals surface area contributed by atoms with Crippen LogP contribution in [0.1, 0.15) is 24.2 Å². The van der Waals surface area contributed by atoms with Crippen LogP contribution in [-0.2, 0) is 11.3 Å². The van der Waals surface area contributed by atoms with E-state index in [1.807, 2.05) is 0 Å². The number of nitrogens with one attached hydrogen (secondary N) is 2. The fourth-order valence-corrected chi connectivity index (χ4v) is 3.91. The van der Waals surface area contributed by atoms with Gasteiger partial charge in [-0.15, -0.1) is 0 Å². The molecule has 0 aliphatic carbocycles. The molecule has 3 rings (SSSR count). The third-order valence-corrected chi connectivity index (χ3v) is 5.54. The van der Waals surface area contributed by atoms with Gasteiger partial charge in [-0.05, 0) is 12.1 Å². The number of ether oxygens (including phenoxy) is 3. The highest BCUT2D eigenvalue weighted by Crippen LogP contribution is 2.30. The van der Waals surface area contributed by atoms with E-state index in [1.54, 1.807) is 47.9 Å². The van der Waals surface area contributed by atoms with Crippen molar-refractivity contribution in [2.45, 2.75) is 30.8 Å². The monoisotopic (exact) mass is 474 g/mol. The number of amides is 1. The zero-order valence-electron chi connectivity index (χ0n) is 19.5. The first-order valence-corrected chi connectivity index (χ1v) is 11.5. The van der Waals surface area contributed by atoms with Crippen LogP contribution in [0.2, 0.25) is 0 Å². The second kappa shape index (κ2) is 11.7. The molecule has 33 heavy (non-hydrogen) atoms. The minimum atomic E-state index is -0.255. The lowest BCUT2D eigenvalue weighted by atomic mass is 10.1. The average Bonchev–Trinajstić information content (AvgIpc) is 3.21. The molecule has 0 bridgehead atoms. The number of carbonyl (C=O) groups is 1. The van der Waals surface area contributed by atoms with E-state index >= 15 is 0 Å². The van der Waals surface area contributed by atoms with Gasteiger partial charge in [-0.2, -0.15) is 5.10 Å². The van der Waals surface area contributed by atoms with Crippen LogP contribution in [0.15, 0.2) is 29.6 Å². The molecule has 0 spiro atoms. The summed E-state index contributed by atoms with van der Waals surface area (Å²) < 4.78 is 17.5. The molecule has 0 saturated heterocycles. The molecule has 178 valence electrons. The number of methoxy groups -OCH3 is 3. The first kappa shape index (κ1) is 24.6. The van der Waals surface area contributed by atoms with Gasteiger partial charge in [0.05, 0.1) is 44.5 Å². The fraction of sp³-hybridized carbons (Fsp3) is 0.455. The predicted molar refractivity (Wildman–Crippen MR) is 129 cm³/mol. The summed E-state index contributed by atoms with van der Waals surface area (Å²) in [6.45, 7) is 6.18. The van der Waals surface area contributed by atoms with Gasteiger partial charge < -0.3 is 24.8 Å². The summed E-state index contributed by atoms with van der Waals surface area (Å²) in [6.07, 6.45) is 1.74. The first-order chi connectivity index (χ1) is 16.0. The van der Waals surface area contributed by atoms with Crippen molar-refractivity contribution in [2.24, 2.45) is 0 Å². The van der Waals surface area contributed by atoms with E-state index in [9.17, 15) is 4.79 Å². The Hall–Kier alpha value is -3.05. The van der Waals surface area contributed by atoms with Gasteiger partial charge in [0.2, 0.25) is 0 Å². The molecule has 1 aromatic carbocycles. The van der Waals surface area contributed by atoms with E-state index in [0.29, 0.717) is 59.4 Å². The Balaban J connectivity index is 1.76. The lowest BCUT2D eigenvalue weighted by Crippen LogP contribution is -2.28. The van der Waals surface area contributed by atoms with Crippen LogP contribution in [-0.4, -0.2) is 71.9 Å². The molecule has 0 saturated carbocycles. The van der Waals surface area contributed by atoms with Crippen molar-refractivity contribution in [3.8, 4) is 11.5 Å². The standard InChI is InChI=1S/C22H30N6O4S/c1-14(2)33-22-26-19(23-10-12-30-3)16-13-25-28(20(16)27-22)11-9-24-21(29)15-7-6-8-17(31-4)18(15)32-5/h6-8,13-14H,9-12H2,1-5H3,(H,24,29)(H,23,26,27). The maximum atomic E-state index is 12.7. The zero-order valence-corrected chi connectivity index (χ0v) is 20.4. The van der Waals surface area contributed by atoms with E-state index in [0.717, 1.165) is 11.2 Å². The van der Waals surface area contributed by atoms with Crippen molar-refractivity contribution in [3.63, 3.8) is 0 Å². The van der Waals surface area contributed by atoms with Crippen molar-refractivity contribution in [2.75, 3.05) is 46.3 Å². The second-order valence-corrected chi connectivity index (χ2v) is 8.89. The number of hydrogen-bond donors (Lipinski definition) is 2. The van der Waals surface area contributed by atoms with Crippen molar-refractivity contribution < 1.29 is 19.0 Å². The number of carbonyl (C=O) groups excluding carboxylic acids is 1. The van der Waals surface area contributed by atoms with Crippen LogP contribution >= 0.6 is 11.8 Å². The molecule has 0 atom stereocenters. The summed E-state index contributed by atoms with van der Waals surface area (Å²) >= 11 is 1.58. The molecule has 10 nitrogen and oxygen atoms in total. The van der Waals surface area contributed by atoms with Crippen molar-refractivity contribution in [1.29, 1.82) is 0 Å². The Labute approximate surface area is 197 Å². The molecule has 2 N–H and O–H groups in total. The van der Waals surface area contributed by atoms with Crippen LogP contribution in [0.4, 0.5) is 5.82 Å². The van der Waals surface area contributed by atoms with Crippen molar-refractivity contribution >= 4 is 34.5 Å². The normalized spacial score (nSPS) is 11.1. The smallest absolute Gasteiger partial charge is 0.255 e. The van der Waals surface area contributed by atoms with E-state index in [2.05, 4.69) is 34.6 Å². The minimum Gasteiger partial charge on any atom is -0.493 e. The summed E-state index contributed by atoms with van der Waals surface area (Å²) in [4.78, 5) is 22.1. The molecule has 0 aliphatic heterocycles. The second-order valence-electron chi connectivity index (χ2n) is 7.34. The van der Waals surface area contributed by atoms with E-state index in [-0.39, 0.29) is 5.91 Å². The summed E-state index contributed by atoms with van der Waals surface area (Å²) in [6, 6.07) is 5.19. The Morgan fingerprint density at radius 2 is 1.97 bits per heavy atom. The van der Waals surface area contributed by atoms with Gasteiger partial charge >= 0.3 is 0 Å². The van der Waals surface area contributed by atoms with Crippen molar-refractivity contribution in [3.05, 3.63) is 30.0 Å². The highest BCUT2D eigenvalue weighted by molar-refractivity contribution is 7.99. The number of aromatic nitrogens is 4. The molecule has 2 heterocycles. The summed E-state index contributed by atoms with van der Waals surface area (Å²) in [5.41, 5.74) is 1.12. The molecule has 2 aromatic heterocycles. The maximum absolute atomic E-state index is 12.7. The lowest BCUT2D eigenvalue weighted by Gasteiger charge is -2.13. The number of nitrogens with zero attached hydrogens (tertiary/aromatic N) is 4. The van der Waals surface area contributed by atoms with E-state index in [1.165, 1.54) is 14.2 Å². The predicted octanol–water partition coefficient (Wildman–Crippen LogP) is 2.83. The van der Waals surface area contributed by atoms with Gasteiger partial charge in [0.15, 0.2) is 22.3 Å². The van der Waals surface area contributed by atoms with Gasteiger partial charge in [-0.3, -0.25) is 4.79 Å². The van der Waals surface area contributed by atoms with Gasteiger partial charge in [0, 0.05) is 25.4 Å². The summed E-state index contributed by atoms with van der Waals surface area (Å²) in [7, 11) is 4.70. The Bertz CT molecular complexity index is 1090. The molecule has 0 fully saturated rings. The molecule has 0 aliphatic rings. The number of fused-ring (bicyclic) bond motifs is 1. The molecular weight excluding hydrogens is 444 g/mol. The molecular formula is C22H30N6O4S. The SMILES string of the molecule is COCCNc1nc(SC(C)C)nc2c1cnn2CCNC(=O)c1cccc(OC)c1OC. The third kappa shape index (κ3) is 6.05. The van der Waals surface area contributed by atoms with Gasteiger partial charge in [0.1, 0.15) is 5.82 Å². The lowest BCUT2D eigenvalue weighted by molar-refractivity contribution is 0.0948. The molecule has 0 radical (unpaired) electrons. The van der Waals surface area contributed by atoms with Gasteiger partial charge in [-0.1, -0.05) is 31.7 Å². The number of para-hydroxylation sites is 1. The Morgan fingerprint density at radius 3 is 2.67 bits per heavy atom. The van der Waals surface area contributed by atoms with Gasteiger partial charge in [0.25, 0.3) is 5.91 Å². The highest BCUT2D eigenvalue weighted by Gasteiger charge is 2.17. The van der Waals surface area contributed by atoms with E-state index < -0.39 is 0 Å². The molecule has 0 unspecified atom stereocenters. The van der Waals surface area contributed by atoms with Crippen LogP contribution < -0.4 is 20.1 Å². The number of thioether (sulfide) groups is 1. The first-order valence-electron chi connectivity index (χ1n) is 10.6. The number of anilines is 1. The van der Waals surface area contributed by atoms with Crippen LogP contribution in [0.3, 0.4) is 0 Å². The maximum Gasteiger partial charge on any atom is 0.255 e. The Kier molecular flexibility index (Phi) is 8.72. The Morgan fingerprint density at radius 1 is 1.15 bits per heavy atom.